The quantitative estimate of drug-likeness (QED) is 0.395. The number of sulfonamides is 1. The van der Waals surface area contributed by atoms with Crippen LogP contribution in [0.25, 0.3) is 0 Å². The van der Waals surface area contributed by atoms with Crippen LogP contribution in [0.4, 0.5) is 5.82 Å². The first-order chi connectivity index (χ1) is 20.4. The molecule has 0 radical (unpaired) electrons. The number of pyridine rings is 1. The van der Waals surface area contributed by atoms with Gasteiger partial charge in [0.25, 0.3) is 15.9 Å². The average Bonchev–Trinajstić information content (AvgIpc) is 3.79. The number of nitrogens with zero attached hydrogens (tertiary/aromatic N) is 3. The van der Waals surface area contributed by atoms with Gasteiger partial charge in [-0.3, -0.25) is 14.5 Å². The molecule has 0 atom stereocenters. The van der Waals surface area contributed by atoms with E-state index in [0.717, 1.165) is 24.0 Å². The number of nitrogens with one attached hydrogen (secondary N) is 1. The summed E-state index contributed by atoms with van der Waals surface area (Å²) in [5, 5.41) is -0.206. The van der Waals surface area contributed by atoms with Gasteiger partial charge in [-0.05, 0) is 62.8 Å². The van der Waals surface area contributed by atoms with Gasteiger partial charge >= 0.3 is 5.97 Å². The van der Waals surface area contributed by atoms with E-state index in [1.165, 1.54) is 32.4 Å². The molecule has 2 aromatic rings. The van der Waals surface area contributed by atoms with Gasteiger partial charge in [0.2, 0.25) is 0 Å². The number of carbonyl (C=O) groups excluding carboxylic acids is 2. The first-order valence-corrected chi connectivity index (χ1v) is 16.8. The molecular weight excluding hydrogens is 568 g/mol. The second-order valence-electron chi connectivity index (χ2n) is 12.8. The molecule has 2 aliphatic carbocycles. The molecule has 43 heavy (non-hydrogen) atoms. The molecule has 1 N–H and O–H groups in total. The van der Waals surface area contributed by atoms with E-state index in [0.29, 0.717) is 63.1 Å². The zero-order chi connectivity index (χ0) is 30.8. The third-order valence-electron chi connectivity index (χ3n) is 8.97. The van der Waals surface area contributed by atoms with E-state index in [-0.39, 0.29) is 11.0 Å². The summed E-state index contributed by atoms with van der Waals surface area (Å²) in [4.78, 5) is 34.2. The lowest BCUT2D eigenvalue weighted by atomic mass is 9.83. The fourth-order valence-corrected chi connectivity index (χ4v) is 7.27. The highest BCUT2D eigenvalue weighted by molar-refractivity contribution is 7.90. The number of aromatic nitrogens is 1. The summed E-state index contributed by atoms with van der Waals surface area (Å²) in [6, 6.07) is 10.9. The SMILES string of the molecule is COC(=O)C(C)(C)CN1CCN(c2cccc(S(=O)(=O)NC(=O)C3(Oc4c(C)cccc4C4CCCCC4)CC3)n2)CC1. The van der Waals surface area contributed by atoms with E-state index in [9.17, 15) is 18.0 Å². The van der Waals surface area contributed by atoms with Crippen molar-refractivity contribution in [3.63, 3.8) is 0 Å². The molecule has 5 rings (SSSR count). The van der Waals surface area contributed by atoms with Crippen LogP contribution >= 0.6 is 0 Å². The van der Waals surface area contributed by atoms with Gasteiger partial charge in [0.1, 0.15) is 11.6 Å². The maximum atomic E-state index is 13.4. The minimum Gasteiger partial charge on any atom is -0.477 e. The lowest BCUT2D eigenvalue weighted by Crippen LogP contribution is -2.50. The number of ether oxygens (including phenoxy) is 2. The highest BCUT2D eigenvalue weighted by Crippen LogP contribution is 2.46. The summed E-state index contributed by atoms with van der Waals surface area (Å²) in [6.45, 7) is 8.89. The van der Waals surface area contributed by atoms with Gasteiger partial charge in [0.15, 0.2) is 10.6 Å². The fraction of sp³-hybridized carbons (Fsp3) is 0.594. The van der Waals surface area contributed by atoms with Gasteiger partial charge in [-0.25, -0.2) is 9.71 Å². The van der Waals surface area contributed by atoms with Crippen LogP contribution in [0.1, 0.15) is 75.8 Å². The van der Waals surface area contributed by atoms with Crippen molar-refractivity contribution in [2.24, 2.45) is 5.41 Å². The van der Waals surface area contributed by atoms with Crippen LogP contribution in [-0.2, 0) is 24.3 Å². The molecule has 1 saturated heterocycles. The summed E-state index contributed by atoms with van der Waals surface area (Å²) < 4.78 is 40.3. The molecule has 0 bridgehead atoms. The van der Waals surface area contributed by atoms with Gasteiger partial charge in [-0.1, -0.05) is 43.5 Å². The van der Waals surface area contributed by atoms with Crippen LogP contribution < -0.4 is 14.4 Å². The molecule has 0 unspecified atom stereocenters. The predicted molar refractivity (Wildman–Crippen MR) is 164 cm³/mol. The van der Waals surface area contributed by atoms with Crippen molar-refractivity contribution < 1.29 is 27.5 Å². The highest BCUT2D eigenvalue weighted by atomic mass is 32.2. The monoisotopic (exact) mass is 612 g/mol. The van der Waals surface area contributed by atoms with E-state index in [2.05, 4.69) is 20.7 Å². The molecule has 3 fully saturated rings. The number of rotatable bonds is 10. The molecule has 1 aromatic carbocycles. The molecule has 2 heterocycles. The Morgan fingerprint density at radius 1 is 1.02 bits per heavy atom. The third-order valence-corrected chi connectivity index (χ3v) is 10.2. The van der Waals surface area contributed by atoms with Gasteiger partial charge < -0.3 is 14.4 Å². The number of carbonyl (C=O) groups is 2. The number of aryl methyl sites for hydroxylation is 1. The number of para-hydroxylation sites is 1. The number of amides is 1. The minimum atomic E-state index is -4.22. The van der Waals surface area contributed by atoms with Gasteiger partial charge in [-0.15, -0.1) is 0 Å². The molecular formula is C32H44N4O6S. The lowest BCUT2D eigenvalue weighted by Gasteiger charge is -2.38. The number of hydrogen-bond acceptors (Lipinski definition) is 9. The average molecular weight is 613 g/mol. The van der Waals surface area contributed by atoms with Crippen molar-refractivity contribution in [3.8, 4) is 5.75 Å². The van der Waals surface area contributed by atoms with Crippen molar-refractivity contribution in [2.45, 2.75) is 82.3 Å². The highest BCUT2D eigenvalue weighted by Gasteiger charge is 2.55. The Kier molecular flexibility index (Phi) is 9.04. The van der Waals surface area contributed by atoms with E-state index in [1.54, 1.807) is 12.1 Å². The Hall–Kier alpha value is -3.18. The molecule has 1 aliphatic heterocycles. The summed E-state index contributed by atoms with van der Waals surface area (Å²) in [5.41, 5.74) is 0.244. The van der Waals surface area contributed by atoms with E-state index < -0.39 is 26.9 Å². The van der Waals surface area contributed by atoms with E-state index in [1.807, 2.05) is 37.8 Å². The second kappa shape index (κ2) is 12.4. The number of benzene rings is 1. The van der Waals surface area contributed by atoms with Crippen LogP contribution in [-0.4, -0.2) is 75.6 Å². The Morgan fingerprint density at radius 3 is 2.35 bits per heavy atom. The van der Waals surface area contributed by atoms with Crippen molar-refractivity contribution in [1.82, 2.24) is 14.6 Å². The number of piperazine rings is 1. The van der Waals surface area contributed by atoms with Crippen molar-refractivity contribution >= 4 is 27.7 Å². The third kappa shape index (κ3) is 6.98. The Labute approximate surface area is 255 Å². The van der Waals surface area contributed by atoms with Crippen LogP contribution in [0, 0.1) is 12.3 Å². The molecule has 2 saturated carbocycles. The first kappa shape index (κ1) is 31.3. The topological polar surface area (TPSA) is 118 Å². The summed E-state index contributed by atoms with van der Waals surface area (Å²) in [5.74, 6) is 0.725. The standard InChI is InChI=1S/C32H44N4O6S/c1-23-10-8-13-25(24-11-6-5-7-12-24)28(23)42-32(16-17-32)29(37)34-43(39,40)27-15-9-14-26(33-27)36-20-18-35(19-21-36)22-31(2,3)30(38)41-4/h8-10,13-15,24H,5-7,11-12,16-22H2,1-4H3,(H,34,37). The Bertz CT molecular complexity index is 1440. The molecule has 3 aliphatic rings. The Morgan fingerprint density at radius 2 is 1.70 bits per heavy atom. The lowest BCUT2D eigenvalue weighted by molar-refractivity contribution is -0.151. The molecule has 1 amide bonds. The Balaban J connectivity index is 1.24. The number of hydrogen-bond donors (Lipinski definition) is 1. The minimum absolute atomic E-state index is 0.206. The summed E-state index contributed by atoms with van der Waals surface area (Å²) in [7, 11) is -2.83. The predicted octanol–water partition coefficient (Wildman–Crippen LogP) is 4.18. The summed E-state index contributed by atoms with van der Waals surface area (Å²) >= 11 is 0. The van der Waals surface area contributed by atoms with Crippen molar-refractivity contribution in [2.75, 3.05) is 44.7 Å². The van der Waals surface area contributed by atoms with Crippen LogP contribution in [0.5, 0.6) is 5.75 Å². The number of esters is 1. The molecule has 234 valence electrons. The van der Waals surface area contributed by atoms with Gasteiger partial charge in [-0.2, -0.15) is 8.42 Å². The normalized spacial score (nSPS) is 19.5. The van der Waals surface area contributed by atoms with E-state index >= 15 is 0 Å². The maximum Gasteiger partial charge on any atom is 0.312 e. The van der Waals surface area contributed by atoms with Gasteiger partial charge in [0.05, 0.1) is 12.5 Å². The fourth-order valence-electron chi connectivity index (χ4n) is 6.27. The number of anilines is 1. The van der Waals surface area contributed by atoms with E-state index in [4.69, 9.17) is 9.47 Å². The van der Waals surface area contributed by atoms with Crippen molar-refractivity contribution in [1.29, 1.82) is 0 Å². The molecule has 11 heteroatoms. The molecule has 1 aromatic heterocycles. The first-order valence-electron chi connectivity index (χ1n) is 15.3. The largest absolute Gasteiger partial charge is 0.477 e. The van der Waals surface area contributed by atoms with Gasteiger partial charge in [0, 0.05) is 45.6 Å². The maximum absolute atomic E-state index is 13.4. The zero-order valence-electron chi connectivity index (χ0n) is 25.7. The second-order valence-corrected chi connectivity index (χ2v) is 14.5. The van der Waals surface area contributed by atoms with Crippen molar-refractivity contribution in [3.05, 3.63) is 47.5 Å². The van der Waals surface area contributed by atoms with Crippen LogP contribution in [0.15, 0.2) is 41.4 Å². The van der Waals surface area contributed by atoms with Crippen LogP contribution in [0.3, 0.4) is 0 Å². The summed E-state index contributed by atoms with van der Waals surface area (Å²) in [6.07, 6.45) is 6.69. The molecule has 0 spiro atoms. The molecule has 10 nitrogen and oxygen atoms in total. The zero-order valence-corrected chi connectivity index (χ0v) is 26.5. The van der Waals surface area contributed by atoms with Crippen LogP contribution in [0.2, 0.25) is 0 Å². The smallest absolute Gasteiger partial charge is 0.312 e. The number of methoxy groups -OCH3 is 1.